The summed E-state index contributed by atoms with van der Waals surface area (Å²) in [5.74, 6) is -0.566. The van der Waals surface area contributed by atoms with Gasteiger partial charge in [0.05, 0.1) is 36.5 Å². The van der Waals surface area contributed by atoms with Gasteiger partial charge in [0.1, 0.15) is 6.10 Å². The predicted molar refractivity (Wildman–Crippen MR) is 154 cm³/mol. The quantitative estimate of drug-likeness (QED) is 0.307. The van der Waals surface area contributed by atoms with E-state index in [1.54, 1.807) is 43.4 Å². The zero-order valence-electron chi connectivity index (χ0n) is 24.0. The third kappa shape index (κ3) is 8.68. The first kappa shape index (κ1) is 30.8. The zero-order valence-corrected chi connectivity index (χ0v) is 24.8. The number of methoxy groups -OCH3 is 1. The Bertz CT molecular complexity index is 1380. The lowest BCUT2D eigenvalue weighted by Gasteiger charge is -2.32. The van der Waals surface area contributed by atoms with Gasteiger partial charge in [-0.05, 0) is 27.0 Å². The second-order valence-electron chi connectivity index (χ2n) is 9.58. The summed E-state index contributed by atoms with van der Waals surface area (Å²) < 4.78 is 21.8. The minimum Gasteiger partial charge on any atom is -0.472 e. The topological polar surface area (TPSA) is 145 Å². The Hall–Kier alpha value is -4.14. The maximum atomic E-state index is 13.1. The smallest absolute Gasteiger partial charge is 0.311 e. The molecule has 1 aliphatic heterocycles. The molecule has 3 aromatic heterocycles. The molecule has 0 bridgehead atoms. The van der Waals surface area contributed by atoms with E-state index in [0.717, 1.165) is 13.1 Å². The van der Waals surface area contributed by atoms with Crippen molar-refractivity contribution in [1.82, 2.24) is 24.8 Å². The molecule has 1 saturated heterocycles. The normalized spacial score (nSPS) is 14.2. The molecule has 1 aliphatic rings. The number of rotatable bonds is 12. The van der Waals surface area contributed by atoms with E-state index in [0.29, 0.717) is 36.1 Å². The molecule has 0 aliphatic carbocycles. The summed E-state index contributed by atoms with van der Waals surface area (Å²) in [5, 5.41) is 4.72. The van der Waals surface area contributed by atoms with Gasteiger partial charge in [0.15, 0.2) is 5.13 Å². The van der Waals surface area contributed by atoms with Crippen LogP contribution in [0.25, 0.3) is 0 Å². The molecule has 0 radical (unpaired) electrons. The summed E-state index contributed by atoms with van der Waals surface area (Å²) in [4.78, 5) is 54.7. The molecule has 0 aromatic carbocycles. The zero-order chi connectivity index (χ0) is 30.1. The van der Waals surface area contributed by atoms with Crippen LogP contribution in [0.3, 0.4) is 0 Å². The van der Waals surface area contributed by atoms with Gasteiger partial charge in [-0.3, -0.25) is 19.7 Å². The number of ether oxygens (including phenoxy) is 4. The Balaban J connectivity index is 1.48. The Morgan fingerprint density at radius 1 is 1.05 bits per heavy atom. The summed E-state index contributed by atoms with van der Waals surface area (Å²) in [6, 6.07) is 6.15. The van der Waals surface area contributed by atoms with Crippen molar-refractivity contribution in [2.24, 2.45) is 0 Å². The van der Waals surface area contributed by atoms with Crippen molar-refractivity contribution in [1.29, 1.82) is 0 Å². The van der Waals surface area contributed by atoms with Crippen LogP contribution in [0, 0.1) is 0 Å². The van der Waals surface area contributed by atoms with E-state index in [1.807, 2.05) is 7.05 Å². The first-order valence-electron chi connectivity index (χ1n) is 13.4. The lowest BCUT2D eigenvalue weighted by Crippen LogP contribution is -2.47. The average molecular weight is 599 g/mol. The maximum Gasteiger partial charge on any atom is 0.311 e. The number of nitrogens with one attached hydrogen (secondary N) is 1. The molecule has 1 unspecified atom stereocenters. The SMILES string of the molecule is CCOC(=O)Cc1csc(NC(=O)c2cc(Oc3ccc(C(=O)N4CCN(C)CC4)cn3)nc(OC(C)COC)c2)n1. The number of esters is 1. The number of carbonyl (C=O) groups is 3. The van der Waals surface area contributed by atoms with Crippen molar-refractivity contribution in [3.8, 4) is 17.6 Å². The minimum atomic E-state index is -0.482. The maximum absolute atomic E-state index is 13.1. The number of likely N-dealkylation sites (N-methyl/N-ethyl adjacent to an activating group) is 1. The molecular formula is C28H34N6O7S. The number of hydrogen-bond donors (Lipinski definition) is 1. The number of pyridine rings is 2. The van der Waals surface area contributed by atoms with E-state index < -0.39 is 11.9 Å². The lowest BCUT2D eigenvalue weighted by atomic mass is 10.2. The van der Waals surface area contributed by atoms with Crippen LogP contribution in [0.1, 0.15) is 40.3 Å². The van der Waals surface area contributed by atoms with Crippen LogP contribution in [0.5, 0.6) is 17.6 Å². The highest BCUT2D eigenvalue weighted by molar-refractivity contribution is 7.14. The highest BCUT2D eigenvalue weighted by Crippen LogP contribution is 2.25. The third-order valence-electron chi connectivity index (χ3n) is 6.15. The molecule has 1 fully saturated rings. The Kier molecular flexibility index (Phi) is 10.8. The van der Waals surface area contributed by atoms with Crippen LogP contribution >= 0.6 is 11.3 Å². The van der Waals surface area contributed by atoms with E-state index in [-0.39, 0.29) is 48.2 Å². The third-order valence-corrected chi connectivity index (χ3v) is 6.96. The van der Waals surface area contributed by atoms with E-state index >= 15 is 0 Å². The van der Waals surface area contributed by atoms with Crippen molar-refractivity contribution >= 4 is 34.3 Å². The van der Waals surface area contributed by atoms with E-state index in [1.165, 1.54) is 29.7 Å². The highest BCUT2D eigenvalue weighted by atomic mass is 32.1. The van der Waals surface area contributed by atoms with Gasteiger partial charge in [0.25, 0.3) is 11.8 Å². The fraction of sp³-hybridized carbons (Fsp3) is 0.429. The number of nitrogens with zero attached hydrogens (tertiary/aromatic N) is 5. The number of anilines is 1. The number of carbonyl (C=O) groups excluding carboxylic acids is 3. The fourth-order valence-corrected chi connectivity index (χ4v) is 4.75. The van der Waals surface area contributed by atoms with Gasteiger partial charge in [0, 0.05) is 63.1 Å². The van der Waals surface area contributed by atoms with Crippen LogP contribution in [0.2, 0.25) is 0 Å². The highest BCUT2D eigenvalue weighted by Gasteiger charge is 2.21. The Labute approximate surface area is 247 Å². The van der Waals surface area contributed by atoms with Gasteiger partial charge >= 0.3 is 5.97 Å². The van der Waals surface area contributed by atoms with E-state index in [9.17, 15) is 14.4 Å². The average Bonchev–Trinajstić information content (AvgIpc) is 3.39. The fourth-order valence-electron chi connectivity index (χ4n) is 4.04. The van der Waals surface area contributed by atoms with Gasteiger partial charge < -0.3 is 28.7 Å². The van der Waals surface area contributed by atoms with Crippen LogP contribution in [-0.2, 0) is 20.7 Å². The molecule has 14 heteroatoms. The van der Waals surface area contributed by atoms with Gasteiger partial charge in [-0.2, -0.15) is 4.98 Å². The Morgan fingerprint density at radius 3 is 2.50 bits per heavy atom. The number of aromatic nitrogens is 3. The summed E-state index contributed by atoms with van der Waals surface area (Å²) >= 11 is 1.19. The van der Waals surface area contributed by atoms with Crippen LogP contribution in [0.15, 0.2) is 35.8 Å². The summed E-state index contributed by atoms with van der Waals surface area (Å²) in [7, 11) is 3.58. The predicted octanol–water partition coefficient (Wildman–Crippen LogP) is 2.88. The van der Waals surface area contributed by atoms with Gasteiger partial charge in [-0.25, -0.2) is 9.97 Å². The van der Waals surface area contributed by atoms with Crippen molar-refractivity contribution in [2.45, 2.75) is 26.4 Å². The molecule has 1 atom stereocenters. The number of thiazole rings is 1. The number of amides is 2. The van der Waals surface area contributed by atoms with E-state index in [4.69, 9.17) is 18.9 Å². The molecule has 224 valence electrons. The van der Waals surface area contributed by atoms with Gasteiger partial charge in [-0.15, -0.1) is 11.3 Å². The van der Waals surface area contributed by atoms with Gasteiger partial charge in [-0.1, -0.05) is 0 Å². The van der Waals surface area contributed by atoms with Crippen LogP contribution in [-0.4, -0.2) is 102 Å². The standard InChI is InChI=1S/C28H34N6O7S/c1-5-39-25(35)14-21-17-42-28(30-21)32-26(36)20-12-23(40-18(2)16-38-4)31-24(13-20)41-22-7-6-19(15-29-22)27(37)34-10-8-33(3)9-11-34/h6-7,12-13,15,17-18H,5,8-11,14,16H2,1-4H3,(H,30,32,36). The Morgan fingerprint density at radius 2 is 1.81 bits per heavy atom. The second kappa shape index (κ2) is 14.7. The minimum absolute atomic E-state index is 0.00952. The molecule has 0 spiro atoms. The lowest BCUT2D eigenvalue weighted by molar-refractivity contribution is -0.142. The molecule has 4 rings (SSSR count). The second-order valence-corrected chi connectivity index (χ2v) is 10.4. The summed E-state index contributed by atoms with van der Waals surface area (Å²) in [6.07, 6.45) is 1.12. The number of hydrogen-bond acceptors (Lipinski definition) is 12. The summed E-state index contributed by atoms with van der Waals surface area (Å²) in [5.41, 5.74) is 1.14. The van der Waals surface area contributed by atoms with Crippen molar-refractivity contribution in [3.63, 3.8) is 0 Å². The van der Waals surface area contributed by atoms with Crippen molar-refractivity contribution < 1.29 is 33.3 Å². The van der Waals surface area contributed by atoms with Gasteiger partial charge in [0.2, 0.25) is 17.6 Å². The van der Waals surface area contributed by atoms with E-state index in [2.05, 4.69) is 25.2 Å². The van der Waals surface area contributed by atoms with Crippen molar-refractivity contribution in [2.75, 3.05) is 58.9 Å². The molecular weight excluding hydrogens is 564 g/mol. The first-order valence-corrected chi connectivity index (χ1v) is 14.3. The molecule has 0 saturated carbocycles. The van der Waals surface area contributed by atoms with Crippen LogP contribution < -0.4 is 14.8 Å². The number of piperazine rings is 1. The monoisotopic (exact) mass is 598 g/mol. The first-order chi connectivity index (χ1) is 20.2. The molecule has 42 heavy (non-hydrogen) atoms. The molecule has 13 nitrogen and oxygen atoms in total. The summed E-state index contributed by atoms with van der Waals surface area (Å²) in [6.45, 7) is 7.07. The molecule has 2 amide bonds. The molecule has 4 heterocycles. The molecule has 3 aromatic rings. The largest absolute Gasteiger partial charge is 0.472 e. The molecule has 1 N–H and O–H groups in total. The van der Waals surface area contributed by atoms with Crippen LogP contribution in [0.4, 0.5) is 5.13 Å². The van der Waals surface area contributed by atoms with Crippen molar-refractivity contribution in [3.05, 3.63) is 52.7 Å².